The standard InChI is InChI=1S/C16H25NO3/c1-16(2,3)7-8-18-10-13(17-4)12-5-6-14-15(9-12)20-11-19-14/h5-6,9,13,17H,7-8,10-11H2,1-4H3. The third-order valence-corrected chi connectivity index (χ3v) is 3.43. The van der Waals surface area contributed by atoms with Gasteiger partial charge in [-0.3, -0.25) is 0 Å². The van der Waals surface area contributed by atoms with Crippen molar-refractivity contribution in [2.24, 2.45) is 5.41 Å². The molecule has 0 saturated carbocycles. The number of hydrogen-bond donors (Lipinski definition) is 1. The van der Waals surface area contributed by atoms with Gasteiger partial charge in [0.05, 0.1) is 12.6 Å². The van der Waals surface area contributed by atoms with E-state index in [1.54, 1.807) is 0 Å². The predicted molar refractivity (Wildman–Crippen MR) is 79.3 cm³/mol. The molecule has 2 rings (SSSR count). The lowest BCUT2D eigenvalue weighted by molar-refractivity contribution is 0.0914. The van der Waals surface area contributed by atoms with Gasteiger partial charge in [0.15, 0.2) is 11.5 Å². The third-order valence-electron chi connectivity index (χ3n) is 3.43. The number of likely N-dealkylation sites (N-methyl/N-ethyl adjacent to an activating group) is 1. The van der Waals surface area contributed by atoms with E-state index in [0.717, 1.165) is 30.1 Å². The molecule has 20 heavy (non-hydrogen) atoms. The van der Waals surface area contributed by atoms with E-state index in [0.29, 0.717) is 18.8 Å². The summed E-state index contributed by atoms with van der Waals surface area (Å²) in [6.45, 7) is 8.43. The lowest BCUT2D eigenvalue weighted by Gasteiger charge is -2.20. The Balaban J connectivity index is 1.88. The zero-order valence-electron chi connectivity index (χ0n) is 12.9. The monoisotopic (exact) mass is 279 g/mol. The molecule has 1 aromatic rings. The van der Waals surface area contributed by atoms with Gasteiger partial charge in [-0.2, -0.15) is 0 Å². The van der Waals surface area contributed by atoms with Crippen molar-refractivity contribution in [3.05, 3.63) is 23.8 Å². The summed E-state index contributed by atoms with van der Waals surface area (Å²) in [6, 6.07) is 6.21. The predicted octanol–water partition coefficient (Wildman–Crippen LogP) is 3.13. The summed E-state index contributed by atoms with van der Waals surface area (Å²) < 4.78 is 16.5. The Morgan fingerprint density at radius 1 is 1.25 bits per heavy atom. The second-order valence-corrected chi connectivity index (χ2v) is 6.34. The zero-order chi connectivity index (χ0) is 14.6. The molecule has 0 bridgehead atoms. The molecule has 1 aliphatic heterocycles. The topological polar surface area (TPSA) is 39.7 Å². The van der Waals surface area contributed by atoms with Crippen LogP contribution in [-0.2, 0) is 4.74 Å². The van der Waals surface area contributed by atoms with Gasteiger partial charge >= 0.3 is 0 Å². The highest BCUT2D eigenvalue weighted by Gasteiger charge is 2.17. The molecule has 0 spiro atoms. The number of nitrogens with one attached hydrogen (secondary N) is 1. The molecule has 0 aromatic heterocycles. The molecule has 1 aliphatic rings. The van der Waals surface area contributed by atoms with Crippen LogP contribution in [0.5, 0.6) is 11.5 Å². The van der Waals surface area contributed by atoms with Gasteiger partial charge in [-0.15, -0.1) is 0 Å². The van der Waals surface area contributed by atoms with Gasteiger partial charge in [-0.25, -0.2) is 0 Å². The Morgan fingerprint density at radius 2 is 2.00 bits per heavy atom. The van der Waals surface area contributed by atoms with Crippen molar-refractivity contribution < 1.29 is 14.2 Å². The van der Waals surface area contributed by atoms with Crippen molar-refractivity contribution in [1.82, 2.24) is 5.32 Å². The smallest absolute Gasteiger partial charge is 0.231 e. The minimum absolute atomic E-state index is 0.171. The Labute approximate surface area is 121 Å². The van der Waals surface area contributed by atoms with Gasteiger partial charge in [0.2, 0.25) is 6.79 Å². The first-order valence-corrected chi connectivity index (χ1v) is 7.14. The van der Waals surface area contributed by atoms with E-state index in [1.807, 2.05) is 19.2 Å². The molecule has 1 aromatic carbocycles. The first-order chi connectivity index (χ1) is 9.49. The van der Waals surface area contributed by atoms with E-state index in [1.165, 1.54) is 0 Å². The lowest BCUT2D eigenvalue weighted by Crippen LogP contribution is -2.22. The summed E-state index contributed by atoms with van der Waals surface area (Å²) in [6.07, 6.45) is 1.06. The molecule has 1 heterocycles. The van der Waals surface area contributed by atoms with Crippen LogP contribution in [0.4, 0.5) is 0 Å². The van der Waals surface area contributed by atoms with Crippen LogP contribution in [0, 0.1) is 5.41 Å². The fourth-order valence-electron chi connectivity index (χ4n) is 2.06. The molecule has 1 N–H and O–H groups in total. The molecule has 0 aliphatic carbocycles. The van der Waals surface area contributed by atoms with Gasteiger partial charge in [0, 0.05) is 6.61 Å². The lowest BCUT2D eigenvalue weighted by atomic mass is 9.93. The largest absolute Gasteiger partial charge is 0.454 e. The molecule has 0 saturated heterocycles. The van der Waals surface area contributed by atoms with Crippen molar-refractivity contribution in [1.29, 1.82) is 0 Å². The van der Waals surface area contributed by atoms with Crippen molar-refractivity contribution in [2.75, 3.05) is 27.1 Å². The van der Waals surface area contributed by atoms with Gasteiger partial charge in [0.25, 0.3) is 0 Å². The van der Waals surface area contributed by atoms with Gasteiger partial charge in [-0.05, 0) is 36.6 Å². The van der Waals surface area contributed by atoms with Crippen LogP contribution < -0.4 is 14.8 Å². The number of rotatable bonds is 6. The molecule has 112 valence electrons. The fourth-order valence-corrected chi connectivity index (χ4v) is 2.06. The normalized spacial score (nSPS) is 15.4. The molecule has 0 amide bonds. The summed E-state index contributed by atoms with van der Waals surface area (Å²) >= 11 is 0. The third kappa shape index (κ3) is 4.12. The molecule has 1 atom stereocenters. The Bertz CT molecular complexity index is 440. The molecule has 1 unspecified atom stereocenters. The van der Waals surface area contributed by atoms with Crippen LogP contribution in [0.1, 0.15) is 38.8 Å². The van der Waals surface area contributed by atoms with Crippen molar-refractivity contribution >= 4 is 0 Å². The van der Waals surface area contributed by atoms with E-state index in [9.17, 15) is 0 Å². The Kier molecular flexibility index (Phi) is 4.89. The summed E-state index contributed by atoms with van der Waals surface area (Å²) in [5.41, 5.74) is 1.47. The van der Waals surface area contributed by atoms with Crippen molar-refractivity contribution in [3.8, 4) is 11.5 Å². The highest BCUT2D eigenvalue weighted by molar-refractivity contribution is 5.45. The number of fused-ring (bicyclic) bond motifs is 1. The first kappa shape index (κ1) is 15.1. The average molecular weight is 279 g/mol. The van der Waals surface area contributed by atoms with Crippen LogP contribution in [-0.4, -0.2) is 27.1 Å². The van der Waals surface area contributed by atoms with Crippen LogP contribution >= 0.6 is 0 Å². The minimum Gasteiger partial charge on any atom is -0.454 e. The summed E-state index contributed by atoms with van der Waals surface area (Å²) in [4.78, 5) is 0. The van der Waals surface area contributed by atoms with Gasteiger partial charge < -0.3 is 19.5 Å². The SMILES string of the molecule is CNC(COCCC(C)(C)C)c1ccc2c(c1)OCO2. The van der Waals surface area contributed by atoms with Gasteiger partial charge in [0.1, 0.15) is 0 Å². The van der Waals surface area contributed by atoms with Crippen molar-refractivity contribution in [2.45, 2.75) is 33.2 Å². The second-order valence-electron chi connectivity index (χ2n) is 6.34. The highest BCUT2D eigenvalue weighted by atomic mass is 16.7. The van der Waals surface area contributed by atoms with Crippen LogP contribution in [0.3, 0.4) is 0 Å². The molecule has 0 radical (unpaired) electrons. The fraction of sp³-hybridized carbons (Fsp3) is 0.625. The van der Waals surface area contributed by atoms with Crippen molar-refractivity contribution in [3.63, 3.8) is 0 Å². The Morgan fingerprint density at radius 3 is 2.70 bits per heavy atom. The quantitative estimate of drug-likeness (QED) is 0.812. The first-order valence-electron chi connectivity index (χ1n) is 7.14. The molecule has 4 heteroatoms. The average Bonchev–Trinajstić information content (AvgIpc) is 2.84. The summed E-state index contributed by atoms with van der Waals surface area (Å²) in [7, 11) is 1.95. The van der Waals surface area contributed by atoms with Crippen LogP contribution in [0.2, 0.25) is 0 Å². The Hall–Kier alpha value is -1.26. The molecule has 0 fully saturated rings. The minimum atomic E-state index is 0.171. The van der Waals surface area contributed by atoms with Crippen LogP contribution in [0.25, 0.3) is 0 Å². The number of benzene rings is 1. The maximum absolute atomic E-state index is 5.80. The zero-order valence-corrected chi connectivity index (χ0v) is 12.9. The molecular weight excluding hydrogens is 254 g/mol. The van der Waals surface area contributed by atoms with E-state index < -0.39 is 0 Å². The van der Waals surface area contributed by atoms with Crippen LogP contribution in [0.15, 0.2) is 18.2 Å². The molecular formula is C16H25NO3. The number of hydrogen-bond acceptors (Lipinski definition) is 4. The summed E-state index contributed by atoms with van der Waals surface area (Å²) in [5, 5.41) is 3.29. The highest BCUT2D eigenvalue weighted by Crippen LogP contribution is 2.34. The summed E-state index contributed by atoms with van der Waals surface area (Å²) in [5.74, 6) is 1.63. The number of ether oxygens (including phenoxy) is 3. The maximum atomic E-state index is 5.80. The van der Waals surface area contributed by atoms with E-state index >= 15 is 0 Å². The maximum Gasteiger partial charge on any atom is 0.231 e. The van der Waals surface area contributed by atoms with E-state index in [2.05, 4.69) is 32.2 Å². The van der Waals surface area contributed by atoms with E-state index in [-0.39, 0.29) is 6.04 Å². The molecule has 4 nitrogen and oxygen atoms in total. The van der Waals surface area contributed by atoms with Gasteiger partial charge in [-0.1, -0.05) is 26.8 Å². The van der Waals surface area contributed by atoms with E-state index in [4.69, 9.17) is 14.2 Å². The second kappa shape index (κ2) is 6.46.